The van der Waals surface area contributed by atoms with E-state index < -0.39 is 18.0 Å². The molecular weight excluding hydrogens is 220 g/mol. The molecule has 2 amide bonds. The molecule has 96 valence electrons. The number of hydrogen-bond acceptors (Lipinski definition) is 2. The number of aliphatic carboxylic acids is 1. The van der Waals surface area contributed by atoms with Gasteiger partial charge in [0.2, 0.25) is 0 Å². The summed E-state index contributed by atoms with van der Waals surface area (Å²) in [7, 11) is 0. The summed E-state index contributed by atoms with van der Waals surface area (Å²) in [6, 6.07) is -1.44. The van der Waals surface area contributed by atoms with Gasteiger partial charge in [-0.05, 0) is 12.8 Å². The highest BCUT2D eigenvalue weighted by atomic mass is 16.4. The Hall–Kier alpha value is -1.70. The first-order chi connectivity index (χ1) is 8.04. The summed E-state index contributed by atoms with van der Waals surface area (Å²) < 4.78 is 0. The van der Waals surface area contributed by atoms with Crippen molar-refractivity contribution < 1.29 is 14.7 Å². The van der Waals surface area contributed by atoms with E-state index in [1.807, 2.05) is 13.8 Å². The van der Waals surface area contributed by atoms with E-state index >= 15 is 0 Å². The molecule has 0 aromatic heterocycles. The summed E-state index contributed by atoms with van der Waals surface area (Å²) in [5, 5.41) is 14.0. The first kappa shape index (κ1) is 15.3. The van der Waals surface area contributed by atoms with Crippen LogP contribution in [0.25, 0.3) is 0 Å². The van der Waals surface area contributed by atoms with Crippen LogP contribution in [0.15, 0.2) is 0 Å². The molecule has 0 saturated heterocycles. The number of hydrogen-bond donors (Lipinski definition) is 3. The van der Waals surface area contributed by atoms with E-state index in [1.165, 1.54) is 0 Å². The predicted octanol–water partition coefficient (Wildman–Crippen LogP) is 1.34. The van der Waals surface area contributed by atoms with Gasteiger partial charge in [0, 0.05) is 12.5 Å². The van der Waals surface area contributed by atoms with Gasteiger partial charge in [0.05, 0.1) is 0 Å². The van der Waals surface area contributed by atoms with E-state index in [1.54, 1.807) is 0 Å². The van der Waals surface area contributed by atoms with Crippen LogP contribution in [-0.2, 0) is 4.79 Å². The Morgan fingerprint density at radius 3 is 2.41 bits per heavy atom. The zero-order chi connectivity index (χ0) is 13.3. The summed E-state index contributed by atoms with van der Waals surface area (Å²) in [6.45, 7) is 3.77. The number of terminal acetylenes is 1. The van der Waals surface area contributed by atoms with Crippen molar-refractivity contribution in [2.45, 2.75) is 51.6 Å². The normalized spacial score (nSPS) is 13.2. The van der Waals surface area contributed by atoms with Gasteiger partial charge in [-0.15, -0.1) is 12.3 Å². The lowest BCUT2D eigenvalue weighted by atomic mass is 10.1. The Balaban J connectivity index is 4.22. The highest BCUT2D eigenvalue weighted by Gasteiger charge is 2.19. The molecule has 0 aromatic carbocycles. The Bertz CT molecular complexity index is 297. The molecule has 0 aromatic rings. The molecular formula is C12H20N2O3. The van der Waals surface area contributed by atoms with E-state index in [0.717, 1.165) is 0 Å². The number of carboxylic acids is 1. The van der Waals surface area contributed by atoms with Crippen LogP contribution in [0.3, 0.4) is 0 Å². The van der Waals surface area contributed by atoms with Crippen molar-refractivity contribution in [1.82, 2.24) is 10.6 Å². The summed E-state index contributed by atoms with van der Waals surface area (Å²) in [5.41, 5.74) is 0. The van der Waals surface area contributed by atoms with E-state index in [2.05, 4.69) is 16.6 Å². The average molecular weight is 240 g/mol. The Labute approximate surface area is 102 Å². The third-order valence-corrected chi connectivity index (χ3v) is 2.37. The molecule has 5 nitrogen and oxygen atoms in total. The molecule has 0 fully saturated rings. The van der Waals surface area contributed by atoms with Gasteiger partial charge in [-0.3, -0.25) is 0 Å². The molecule has 0 aliphatic rings. The van der Waals surface area contributed by atoms with Crippen molar-refractivity contribution in [2.24, 2.45) is 0 Å². The monoisotopic (exact) mass is 240 g/mol. The number of amides is 2. The molecule has 0 rings (SSSR count). The average Bonchev–Trinajstić information content (AvgIpc) is 2.27. The first-order valence-electron chi connectivity index (χ1n) is 5.78. The second-order valence-corrected chi connectivity index (χ2v) is 3.81. The fourth-order valence-electron chi connectivity index (χ4n) is 1.37. The minimum absolute atomic E-state index is 0.115. The second kappa shape index (κ2) is 8.45. The van der Waals surface area contributed by atoms with Crippen LogP contribution in [0.1, 0.15) is 39.5 Å². The fraction of sp³-hybridized carbons (Fsp3) is 0.667. The molecule has 1 unspecified atom stereocenters. The topological polar surface area (TPSA) is 78.4 Å². The summed E-state index contributed by atoms with van der Waals surface area (Å²) in [5.74, 6) is 1.45. The lowest BCUT2D eigenvalue weighted by Gasteiger charge is -2.18. The number of carbonyl (C=O) groups excluding carboxylic acids is 1. The largest absolute Gasteiger partial charge is 0.480 e. The molecule has 0 saturated carbocycles. The van der Waals surface area contributed by atoms with Crippen LogP contribution in [0.4, 0.5) is 4.79 Å². The Kier molecular flexibility index (Phi) is 7.61. The molecule has 0 heterocycles. The summed E-state index contributed by atoms with van der Waals surface area (Å²) in [6.07, 6.45) is 7.42. The van der Waals surface area contributed by atoms with Gasteiger partial charge in [-0.25, -0.2) is 9.59 Å². The summed E-state index contributed by atoms with van der Waals surface area (Å²) in [4.78, 5) is 22.4. The standard InChI is InChI=1S/C12H20N2O3/c1-4-7-9(6-3)13-12(17)14-10(8-5-2)11(15)16/h1,9-10H,5-8H2,2-3H3,(H,15,16)(H2,13,14,17)/t9?,10-/m0/s1. The highest BCUT2D eigenvalue weighted by Crippen LogP contribution is 1.99. The molecule has 3 N–H and O–H groups in total. The van der Waals surface area contributed by atoms with Gasteiger partial charge in [-0.1, -0.05) is 20.3 Å². The maximum absolute atomic E-state index is 11.5. The number of urea groups is 1. The molecule has 0 radical (unpaired) electrons. The van der Waals surface area contributed by atoms with Gasteiger partial charge in [0.25, 0.3) is 0 Å². The van der Waals surface area contributed by atoms with Crippen LogP contribution in [0.2, 0.25) is 0 Å². The van der Waals surface area contributed by atoms with E-state index in [0.29, 0.717) is 25.7 Å². The van der Waals surface area contributed by atoms with Gasteiger partial charge in [0.1, 0.15) is 6.04 Å². The minimum atomic E-state index is -1.02. The molecule has 17 heavy (non-hydrogen) atoms. The van der Waals surface area contributed by atoms with E-state index in [9.17, 15) is 9.59 Å². The number of carbonyl (C=O) groups is 2. The SMILES string of the molecule is C#CCC(CC)NC(=O)N[C@@H](CCC)C(=O)O. The zero-order valence-corrected chi connectivity index (χ0v) is 10.3. The molecule has 5 heteroatoms. The fourth-order valence-corrected chi connectivity index (χ4v) is 1.37. The molecule has 2 atom stereocenters. The maximum Gasteiger partial charge on any atom is 0.326 e. The lowest BCUT2D eigenvalue weighted by Crippen LogP contribution is -2.48. The van der Waals surface area contributed by atoms with Crippen LogP contribution >= 0.6 is 0 Å². The van der Waals surface area contributed by atoms with E-state index in [4.69, 9.17) is 11.5 Å². The van der Waals surface area contributed by atoms with Gasteiger partial charge in [-0.2, -0.15) is 0 Å². The van der Waals surface area contributed by atoms with Crippen molar-refractivity contribution >= 4 is 12.0 Å². The number of carboxylic acid groups (broad SMARTS) is 1. The molecule has 0 bridgehead atoms. The number of rotatable bonds is 7. The van der Waals surface area contributed by atoms with Gasteiger partial charge >= 0.3 is 12.0 Å². The Morgan fingerprint density at radius 1 is 1.35 bits per heavy atom. The van der Waals surface area contributed by atoms with Gasteiger partial charge in [0.15, 0.2) is 0 Å². The van der Waals surface area contributed by atoms with Crippen molar-refractivity contribution in [2.75, 3.05) is 0 Å². The lowest BCUT2D eigenvalue weighted by molar-refractivity contribution is -0.139. The van der Waals surface area contributed by atoms with E-state index in [-0.39, 0.29) is 6.04 Å². The number of nitrogens with one attached hydrogen (secondary N) is 2. The highest BCUT2D eigenvalue weighted by molar-refractivity contribution is 5.82. The zero-order valence-electron chi connectivity index (χ0n) is 10.3. The minimum Gasteiger partial charge on any atom is -0.480 e. The van der Waals surface area contributed by atoms with Crippen LogP contribution in [0, 0.1) is 12.3 Å². The molecule has 0 spiro atoms. The Morgan fingerprint density at radius 2 is 2.00 bits per heavy atom. The van der Waals surface area contributed by atoms with Crippen LogP contribution in [-0.4, -0.2) is 29.2 Å². The quantitative estimate of drug-likeness (QED) is 0.588. The molecule has 0 aliphatic carbocycles. The van der Waals surface area contributed by atoms with Crippen LogP contribution < -0.4 is 10.6 Å². The van der Waals surface area contributed by atoms with Gasteiger partial charge < -0.3 is 15.7 Å². The molecule has 0 aliphatic heterocycles. The summed E-state index contributed by atoms with van der Waals surface area (Å²) >= 11 is 0. The van der Waals surface area contributed by atoms with Crippen LogP contribution in [0.5, 0.6) is 0 Å². The van der Waals surface area contributed by atoms with Crippen molar-refractivity contribution in [3.63, 3.8) is 0 Å². The third-order valence-electron chi connectivity index (χ3n) is 2.37. The smallest absolute Gasteiger partial charge is 0.326 e. The van der Waals surface area contributed by atoms with Crippen molar-refractivity contribution in [3.8, 4) is 12.3 Å². The van der Waals surface area contributed by atoms with Crippen molar-refractivity contribution in [3.05, 3.63) is 0 Å². The van der Waals surface area contributed by atoms with Crippen molar-refractivity contribution in [1.29, 1.82) is 0 Å². The maximum atomic E-state index is 11.5. The first-order valence-corrected chi connectivity index (χ1v) is 5.78. The predicted molar refractivity (Wildman–Crippen MR) is 65.5 cm³/mol. The third kappa shape index (κ3) is 6.46. The second-order valence-electron chi connectivity index (χ2n) is 3.81.